The number of thiophene rings is 1. The molecule has 0 spiro atoms. The van der Waals surface area contributed by atoms with Gasteiger partial charge in [-0.2, -0.15) is 0 Å². The lowest BCUT2D eigenvalue weighted by atomic mass is 10.1. The third-order valence-corrected chi connectivity index (χ3v) is 8.23. The van der Waals surface area contributed by atoms with Crippen molar-refractivity contribution >= 4 is 50.0 Å². The van der Waals surface area contributed by atoms with Gasteiger partial charge in [-0.25, -0.2) is 9.18 Å². The van der Waals surface area contributed by atoms with Crippen molar-refractivity contribution in [3.05, 3.63) is 27.0 Å². The molecule has 3 heterocycles. The number of halogens is 1. The van der Waals surface area contributed by atoms with Crippen molar-refractivity contribution in [2.75, 3.05) is 31.6 Å². The molecule has 1 saturated carbocycles. The summed E-state index contributed by atoms with van der Waals surface area (Å²) in [4.78, 5) is 40.2. The lowest BCUT2D eigenvalue weighted by molar-refractivity contribution is 0.0520. The Labute approximate surface area is 223 Å². The van der Waals surface area contributed by atoms with Gasteiger partial charge in [-0.3, -0.25) is 9.59 Å². The van der Waals surface area contributed by atoms with Gasteiger partial charge < -0.3 is 29.4 Å². The van der Waals surface area contributed by atoms with Gasteiger partial charge in [0.25, 0.3) is 0 Å². The molecule has 2 aromatic heterocycles. The van der Waals surface area contributed by atoms with Gasteiger partial charge in [-0.05, 0) is 52.0 Å². The minimum Gasteiger partial charge on any atom is -0.505 e. The summed E-state index contributed by atoms with van der Waals surface area (Å²) in [7, 11) is 1.45. The van der Waals surface area contributed by atoms with Crippen molar-refractivity contribution in [2.24, 2.45) is 5.92 Å². The van der Waals surface area contributed by atoms with E-state index in [1.54, 1.807) is 20.8 Å². The number of nitrogens with zero attached hydrogens (tertiary/aromatic N) is 2. The topological polar surface area (TPSA) is 110 Å². The van der Waals surface area contributed by atoms with Crippen LogP contribution in [0.15, 0.2) is 10.9 Å². The quantitative estimate of drug-likeness (QED) is 0.422. The van der Waals surface area contributed by atoms with E-state index >= 15 is 4.39 Å². The Bertz CT molecular complexity index is 1520. The Morgan fingerprint density at radius 3 is 2.58 bits per heavy atom. The number of methoxy groups -OCH3 is 1. The second-order valence-electron chi connectivity index (χ2n) is 11.1. The largest absolute Gasteiger partial charge is 0.505 e. The molecule has 38 heavy (non-hydrogen) atoms. The van der Waals surface area contributed by atoms with Crippen molar-refractivity contribution in [3.63, 3.8) is 0 Å². The first-order valence-corrected chi connectivity index (χ1v) is 13.6. The van der Waals surface area contributed by atoms with Crippen molar-refractivity contribution in [1.82, 2.24) is 9.88 Å². The molecule has 0 radical (unpaired) electrons. The molecule has 0 bridgehead atoms. The molecule has 11 heteroatoms. The fraction of sp³-hybridized carbons (Fsp3) is 0.519. The second-order valence-corrected chi connectivity index (χ2v) is 12.1. The number of amides is 1. The number of fused-ring (bicyclic) bond motifs is 2. The highest BCUT2D eigenvalue weighted by atomic mass is 32.1. The molecule has 2 aliphatic rings. The maximum atomic E-state index is 15.7. The molecule has 1 aliphatic heterocycles. The minimum absolute atomic E-state index is 0.0447. The van der Waals surface area contributed by atoms with Gasteiger partial charge in [0.15, 0.2) is 23.1 Å². The van der Waals surface area contributed by atoms with E-state index in [1.165, 1.54) is 20.1 Å². The first-order valence-electron chi connectivity index (χ1n) is 12.7. The number of aromatic nitrogens is 1. The number of ketones is 1. The van der Waals surface area contributed by atoms with Crippen LogP contribution in [0.1, 0.15) is 62.7 Å². The van der Waals surface area contributed by atoms with Crippen LogP contribution in [0.3, 0.4) is 0 Å². The number of aromatic hydroxyl groups is 1. The minimum atomic E-state index is -0.601. The third kappa shape index (κ3) is 4.57. The molecule has 1 atom stereocenters. The van der Waals surface area contributed by atoms with E-state index in [0.717, 1.165) is 30.6 Å². The Hall–Kier alpha value is -3.34. The number of ether oxygens (including phenoxy) is 2. The van der Waals surface area contributed by atoms with E-state index in [9.17, 15) is 19.5 Å². The van der Waals surface area contributed by atoms with Crippen molar-refractivity contribution < 1.29 is 28.6 Å². The van der Waals surface area contributed by atoms with E-state index in [4.69, 9.17) is 9.47 Å². The van der Waals surface area contributed by atoms with Gasteiger partial charge in [0.05, 0.1) is 18.0 Å². The van der Waals surface area contributed by atoms with Gasteiger partial charge >= 0.3 is 6.09 Å². The van der Waals surface area contributed by atoms with Crippen LogP contribution in [0.25, 0.3) is 21.1 Å². The molecule has 1 aliphatic carbocycles. The van der Waals surface area contributed by atoms with Crippen LogP contribution in [0, 0.1) is 11.7 Å². The zero-order valence-corrected chi connectivity index (χ0v) is 23.0. The molecule has 2 fully saturated rings. The number of rotatable bonds is 6. The smallest absolute Gasteiger partial charge is 0.407 e. The van der Waals surface area contributed by atoms with Crippen molar-refractivity contribution in [2.45, 2.75) is 58.6 Å². The third-order valence-electron chi connectivity index (χ3n) is 6.95. The van der Waals surface area contributed by atoms with Crippen LogP contribution in [0.2, 0.25) is 0 Å². The van der Waals surface area contributed by atoms with Crippen LogP contribution in [0.4, 0.5) is 14.9 Å². The van der Waals surface area contributed by atoms with Gasteiger partial charge in [0.2, 0.25) is 5.43 Å². The van der Waals surface area contributed by atoms with Gasteiger partial charge in [-0.15, -0.1) is 11.3 Å². The highest BCUT2D eigenvalue weighted by molar-refractivity contribution is 7.21. The van der Waals surface area contributed by atoms with Crippen molar-refractivity contribution in [3.8, 4) is 11.5 Å². The Kier molecular flexibility index (Phi) is 6.53. The number of Topliss-reactive ketones (excluding diaryl/α,β-unsaturated/α-hetero) is 1. The zero-order chi connectivity index (χ0) is 27.5. The van der Waals surface area contributed by atoms with E-state index < -0.39 is 22.9 Å². The second kappa shape index (κ2) is 9.44. The highest BCUT2D eigenvalue weighted by Crippen LogP contribution is 2.48. The number of pyridine rings is 1. The van der Waals surface area contributed by atoms with Gasteiger partial charge in [0, 0.05) is 32.6 Å². The number of alkyl carbamates (subject to hydrolysis) is 1. The lowest BCUT2D eigenvalue weighted by Gasteiger charge is -2.25. The van der Waals surface area contributed by atoms with Gasteiger partial charge in [0.1, 0.15) is 26.4 Å². The number of nitrogens with one attached hydrogen (secondary N) is 1. The summed E-state index contributed by atoms with van der Waals surface area (Å²) in [5.41, 5.74) is -0.394. The van der Waals surface area contributed by atoms with Crippen molar-refractivity contribution in [1.29, 1.82) is 0 Å². The molecule has 5 rings (SSSR count). The van der Waals surface area contributed by atoms with E-state index in [1.807, 2.05) is 9.47 Å². The highest BCUT2D eigenvalue weighted by Gasteiger charge is 2.35. The average molecular weight is 546 g/mol. The number of hydrogen-bond donors (Lipinski definition) is 2. The average Bonchev–Trinajstić information content (AvgIpc) is 3.45. The molecular formula is C27H32FN3O6S. The fourth-order valence-electron chi connectivity index (χ4n) is 5.19. The molecule has 1 saturated heterocycles. The predicted octanol–water partition coefficient (Wildman–Crippen LogP) is 4.96. The Balaban J connectivity index is 1.57. The molecule has 3 aromatic rings. The predicted molar refractivity (Wildman–Crippen MR) is 145 cm³/mol. The van der Waals surface area contributed by atoms with Crippen LogP contribution in [0.5, 0.6) is 11.5 Å². The van der Waals surface area contributed by atoms with Crippen LogP contribution < -0.4 is 20.4 Å². The summed E-state index contributed by atoms with van der Waals surface area (Å²) in [6, 6.07) is 1.26. The zero-order valence-electron chi connectivity index (χ0n) is 22.1. The summed E-state index contributed by atoms with van der Waals surface area (Å²) in [5, 5.41) is 13.7. The van der Waals surface area contributed by atoms with Crippen LogP contribution in [-0.2, 0) is 4.74 Å². The molecule has 1 aromatic carbocycles. The SMILES string of the molecule is COc1c(N2CC[C@@H](CNC(=O)OC(C)(C)C)C2)c(F)cc2c(=O)c3c(O)c(C(C)=O)sc3n(C3CC3)c12. The number of hydrogen-bond acceptors (Lipinski definition) is 8. The first kappa shape index (κ1) is 26.3. The summed E-state index contributed by atoms with van der Waals surface area (Å²) in [6.45, 7) is 8.15. The normalized spacial score (nSPS) is 17.8. The number of carbonyl (C=O) groups is 2. The summed E-state index contributed by atoms with van der Waals surface area (Å²) >= 11 is 1.08. The first-order chi connectivity index (χ1) is 17.9. The Morgan fingerprint density at radius 1 is 1.26 bits per heavy atom. The monoisotopic (exact) mass is 545 g/mol. The molecule has 1 amide bonds. The summed E-state index contributed by atoms with van der Waals surface area (Å²) in [6.07, 6.45) is 1.95. The maximum absolute atomic E-state index is 15.7. The standard InChI is InChI=1S/C27H32FN3O6S/c1-13(32)24-22(34)18-21(33)16-10-17(28)20(23(36-5)19(16)31(15-6-7-15)25(18)38-24)30-9-8-14(12-30)11-29-26(35)37-27(2,3)4/h10,14-15,34H,6-9,11-12H2,1-5H3,(H,29,35)/t14-/m0/s1. The molecule has 9 nitrogen and oxygen atoms in total. The Morgan fingerprint density at radius 2 is 1.97 bits per heavy atom. The number of anilines is 1. The molecular weight excluding hydrogens is 513 g/mol. The molecule has 0 unspecified atom stereocenters. The molecule has 204 valence electrons. The van der Waals surface area contributed by atoms with Gasteiger partial charge in [-0.1, -0.05) is 0 Å². The van der Waals surface area contributed by atoms with Crippen LogP contribution in [-0.4, -0.2) is 53.9 Å². The number of benzene rings is 1. The summed E-state index contributed by atoms with van der Waals surface area (Å²) < 4.78 is 28.8. The van der Waals surface area contributed by atoms with E-state index in [0.29, 0.717) is 30.0 Å². The fourth-order valence-corrected chi connectivity index (χ4v) is 6.36. The lowest BCUT2D eigenvalue weighted by Crippen LogP contribution is -2.36. The summed E-state index contributed by atoms with van der Waals surface area (Å²) in [5.74, 6) is -0.958. The van der Waals surface area contributed by atoms with E-state index in [-0.39, 0.29) is 50.6 Å². The van der Waals surface area contributed by atoms with E-state index in [2.05, 4.69) is 5.32 Å². The maximum Gasteiger partial charge on any atom is 0.407 e. The van der Waals surface area contributed by atoms with Crippen LogP contribution >= 0.6 is 11.3 Å². The number of carbonyl (C=O) groups excluding carboxylic acids is 2. The molecule has 2 N–H and O–H groups in total.